The van der Waals surface area contributed by atoms with Gasteiger partial charge < -0.3 is 0 Å². The minimum Gasteiger partial charge on any atom is -0.293 e. The third-order valence-corrected chi connectivity index (χ3v) is 2.53. The van der Waals surface area contributed by atoms with Gasteiger partial charge in [-0.3, -0.25) is 4.79 Å². The molecule has 80 valence electrons. The predicted molar refractivity (Wildman–Crippen MR) is 68.5 cm³/mol. The first-order valence-electron chi connectivity index (χ1n) is 4.56. The quantitative estimate of drug-likeness (QED) is 0.604. The van der Waals surface area contributed by atoms with E-state index in [9.17, 15) is 4.79 Å². The lowest BCUT2D eigenvalue weighted by Crippen LogP contribution is -2.21. The number of hydrogen-bond acceptors (Lipinski definition) is 1. The van der Waals surface area contributed by atoms with E-state index in [0.29, 0.717) is 5.02 Å². The summed E-state index contributed by atoms with van der Waals surface area (Å²) in [4.78, 5) is 11.5. The maximum absolute atomic E-state index is 11.5. The highest BCUT2D eigenvalue weighted by Crippen LogP contribution is 2.18. The lowest BCUT2D eigenvalue weighted by molar-refractivity contribution is -0.115. The molecule has 3 heteroatoms. The molecule has 0 aromatic heterocycles. The van der Waals surface area contributed by atoms with E-state index < -0.39 is 4.32 Å². The molecule has 0 spiro atoms. The highest BCUT2D eigenvalue weighted by Gasteiger charge is 2.20. The molecule has 15 heavy (non-hydrogen) atoms. The molecule has 0 aliphatic heterocycles. The van der Waals surface area contributed by atoms with E-state index in [-0.39, 0.29) is 5.78 Å². The molecule has 1 aromatic carbocycles. The van der Waals surface area contributed by atoms with Crippen molar-refractivity contribution in [1.29, 1.82) is 0 Å². The summed E-state index contributed by atoms with van der Waals surface area (Å²) in [7, 11) is 0. The van der Waals surface area contributed by atoms with Crippen molar-refractivity contribution < 1.29 is 4.79 Å². The standard InChI is InChI=1S/C12H12BrClO/c1-12(2,13)11(15)8-5-9-3-6-10(14)7-4-9/h3-8H,1-2H3. The Morgan fingerprint density at radius 3 is 2.33 bits per heavy atom. The molecule has 0 aliphatic carbocycles. The highest BCUT2D eigenvalue weighted by molar-refractivity contribution is 9.10. The molecule has 0 atom stereocenters. The number of carbonyl (C=O) groups is 1. The summed E-state index contributed by atoms with van der Waals surface area (Å²) in [5.41, 5.74) is 0.963. The molecule has 0 heterocycles. The van der Waals surface area contributed by atoms with Crippen molar-refractivity contribution >= 4 is 39.4 Å². The van der Waals surface area contributed by atoms with E-state index in [0.717, 1.165) is 5.56 Å². The van der Waals surface area contributed by atoms with Gasteiger partial charge in [0.05, 0.1) is 4.32 Å². The summed E-state index contributed by atoms with van der Waals surface area (Å²) in [6, 6.07) is 7.33. The van der Waals surface area contributed by atoms with Gasteiger partial charge in [0.2, 0.25) is 0 Å². The van der Waals surface area contributed by atoms with E-state index in [1.165, 1.54) is 0 Å². The maximum atomic E-state index is 11.5. The van der Waals surface area contributed by atoms with E-state index in [1.807, 2.05) is 26.0 Å². The average molecular weight is 288 g/mol. The SMILES string of the molecule is CC(C)(Br)C(=O)C=Cc1ccc(Cl)cc1. The van der Waals surface area contributed by atoms with Crippen LogP contribution in [-0.4, -0.2) is 10.1 Å². The second kappa shape index (κ2) is 4.95. The zero-order valence-electron chi connectivity index (χ0n) is 8.63. The Labute approximate surface area is 103 Å². The fraction of sp³-hybridized carbons (Fsp3) is 0.250. The number of carbonyl (C=O) groups excluding carboxylic acids is 1. The van der Waals surface area contributed by atoms with Crippen molar-refractivity contribution in [3.63, 3.8) is 0 Å². The van der Waals surface area contributed by atoms with Crippen molar-refractivity contribution in [2.24, 2.45) is 0 Å². The second-order valence-electron chi connectivity index (χ2n) is 3.72. The first-order valence-corrected chi connectivity index (χ1v) is 5.74. The molecule has 0 amide bonds. The van der Waals surface area contributed by atoms with Gasteiger partial charge >= 0.3 is 0 Å². The third kappa shape index (κ3) is 4.18. The maximum Gasteiger partial charge on any atom is 0.171 e. The number of allylic oxidation sites excluding steroid dienone is 1. The molecule has 1 aromatic rings. The molecule has 1 rings (SSSR count). The monoisotopic (exact) mass is 286 g/mol. The molecule has 0 unspecified atom stereocenters. The van der Waals surface area contributed by atoms with Crippen LogP contribution in [0.15, 0.2) is 30.3 Å². The van der Waals surface area contributed by atoms with Gasteiger partial charge in [0.25, 0.3) is 0 Å². The van der Waals surface area contributed by atoms with Crippen LogP contribution >= 0.6 is 27.5 Å². The summed E-state index contributed by atoms with van der Waals surface area (Å²) < 4.78 is -0.504. The van der Waals surface area contributed by atoms with Gasteiger partial charge in [-0.25, -0.2) is 0 Å². The van der Waals surface area contributed by atoms with E-state index in [1.54, 1.807) is 24.3 Å². The van der Waals surface area contributed by atoms with Crippen LogP contribution in [0.3, 0.4) is 0 Å². The molecular formula is C12H12BrClO. The fourth-order valence-electron chi connectivity index (χ4n) is 0.944. The number of alkyl halides is 1. The van der Waals surface area contributed by atoms with E-state index in [4.69, 9.17) is 11.6 Å². The number of ketones is 1. The van der Waals surface area contributed by atoms with Crippen LogP contribution in [0.4, 0.5) is 0 Å². The molecule has 0 saturated heterocycles. The van der Waals surface area contributed by atoms with Crippen LogP contribution in [0.1, 0.15) is 19.4 Å². The van der Waals surface area contributed by atoms with Gasteiger partial charge in [-0.05, 0) is 37.6 Å². The minimum atomic E-state index is -0.504. The number of hydrogen-bond donors (Lipinski definition) is 0. The Morgan fingerprint density at radius 1 is 1.33 bits per heavy atom. The normalized spacial score (nSPS) is 12.0. The molecule has 0 radical (unpaired) electrons. The summed E-state index contributed by atoms with van der Waals surface area (Å²) in [6.45, 7) is 3.64. The zero-order valence-corrected chi connectivity index (χ0v) is 11.0. The summed E-state index contributed by atoms with van der Waals surface area (Å²) >= 11 is 9.06. The Balaban J connectivity index is 2.74. The van der Waals surface area contributed by atoms with E-state index >= 15 is 0 Å². The predicted octanol–water partition coefficient (Wildman–Crippen LogP) is 4.10. The van der Waals surface area contributed by atoms with Gasteiger partial charge in [-0.15, -0.1) is 0 Å². The largest absolute Gasteiger partial charge is 0.293 e. The lowest BCUT2D eigenvalue weighted by Gasteiger charge is -2.10. The first-order chi connectivity index (χ1) is 6.89. The highest BCUT2D eigenvalue weighted by atomic mass is 79.9. The molecule has 0 saturated carbocycles. The van der Waals surface area contributed by atoms with Crippen molar-refractivity contribution in [1.82, 2.24) is 0 Å². The Hall–Kier alpha value is -0.600. The van der Waals surface area contributed by atoms with Crippen molar-refractivity contribution in [3.05, 3.63) is 40.9 Å². The lowest BCUT2D eigenvalue weighted by atomic mass is 10.1. The Kier molecular flexibility index (Phi) is 4.12. The molecular weight excluding hydrogens is 275 g/mol. The number of halogens is 2. The number of benzene rings is 1. The van der Waals surface area contributed by atoms with Crippen LogP contribution in [0.2, 0.25) is 5.02 Å². The van der Waals surface area contributed by atoms with Crippen LogP contribution < -0.4 is 0 Å². The topological polar surface area (TPSA) is 17.1 Å². The zero-order chi connectivity index (χ0) is 11.5. The fourth-order valence-corrected chi connectivity index (χ4v) is 1.20. The van der Waals surface area contributed by atoms with Crippen molar-refractivity contribution in [3.8, 4) is 0 Å². The van der Waals surface area contributed by atoms with Gasteiger partial charge in [0.1, 0.15) is 0 Å². The van der Waals surface area contributed by atoms with Crippen LogP contribution in [-0.2, 0) is 4.79 Å². The minimum absolute atomic E-state index is 0.0393. The smallest absolute Gasteiger partial charge is 0.171 e. The molecule has 0 bridgehead atoms. The van der Waals surface area contributed by atoms with Gasteiger partial charge in [0, 0.05) is 5.02 Å². The first kappa shape index (κ1) is 12.5. The average Bonchev–Trinajstić information content (AvgIpc) is 2.15. The van der Waals surface area contributed by atoms with Crippen LogP contribution in [0.5, 0.6) is 0 Å². The summed E-state index contributed by atoms with van der Waals surface area (Å²) in [5, 5.41) is 0.694. The second-order valence-corrected chi connectivity index (χ2v) is 6.14. The summed E-state index contributed by atoms with van der Waals surface area (Å²) in [5.74, 6) is 0.0393. The van der Waals surface area contributed by atoms with E-state index in [2.05, 4.69) is 15.9 Å². The number of rotatable bonds is 3. The van der Waals surface area contributed by atoms with Gasteiger partial charge in [0.15, 0.2) is 5.78 Å². The molecule has 0 fully saturated rings. The van der Waals surface area contributed by atoms with Crippen molar-refractivity contribution in [2.75, 3.05) is 0 Å². The van der Waals surface area contributed by atoms with Gasteiger partial charge in [-0.2, -0.15) is 0 Å². The van der Waals surface area contributed by atoms with Crippen LogP contribution in [0.25, 0.3) is 6.08 Å². The summed E-state index contributed by atoms with van der Waals surface area (Å²) in [6.07, 6.45) is 3.35. The van der Waals surface area contributed by atoms with Crippen LogP contribution in [0, 0.1) is 0 Å². The molecule has 0 N–H and O–H groups in total. The van der Waals surface area contributed by atoms with Gasteiger partial charge in [-0.1, -0.05) is 45.7 Å². The molecule has 1 nitrogen and oxygen atoms in total. The van der Waals surface area contributed by atoms with Crippen molar-refractivity contribution in [2.45, 2.75) is 18.2 Å². The Morgan fingerprint density at radius 2 is 1.87 bits per heavy atom. The molecule has 0 aliphatic rings. The Bertz CT molecular complexity index is 374. The third-order valence-electron chi connectivity index (χ3n) is 1.88.